The minimum Gasteiger partial charge on any atom is -0.396 e. The van der Waals surface area contributed by atoms with E-state index < -0.39 is 47.8 Å². The van der Waals surface area contributed by atoms with Crippen molar-refractivity contribution in [2.45, 2.75) is 70.2 Å². The first-order valence-corrected chi connectivity index (χ1v) is 9.31. The Hall–Kier alpha value is -0.830. The highest BCUT2D eigenvalue weighted by Crippen LogP contribution is 2.47. The molecule has 0 radical (unpaired) electrons. The number of ether oxygens (including phenoxy) is 2. The fourth-order valence-electron chi connectivity index (χ4n) is 3.93. The van der Waals surface area contributed by atoms with Gasteiger partial charge in [-0.15, -0.1) is 0 Å². The van der Waals surface area contributed by atoms with Crippen LogP contribution in [0.2, 0.25) is 0 Å². The highest BCUT2D eigenvalue weighted by molar-refractivity contribution is 5.85. The van der Waals surface area contributed by atoms with Crippen LogP contribution in [0.1, 0.15) is 40.5 Å². The van der Waals surface area contributed by atoms with Crippen molar-refractivity contribution in [2.24, 2.45) is 17.8 Å². The van der Waals surface area contributed by atoms with E-state index in [0.717, 1.165) is 0 Å². The number of Topliss-reactive ketones (excluding diaryl/α,β-unsaturated/α-hetero) is 1. The van der Waals surface area contributed by atoms with E-state index in [-0.39, 0.29) is 25.0 Å². The van der Waals surface area contributed by atoms with Crippen LogP contribution in [0.25, 0.3) is 0 Å². The first-order valence-electron chi connectivity index (χ1n) is 9.31. The Kier molecular flexibility index (Phi) is 6.64. The lowest BCUT2D eigenvalue weighted by molar-refractivity contribution is -0.258. The third-order valence-corrected chi connectivity index (χ3v) is 5.83. The maximum atomic E-state index is 12.8. The second-order valence-electron chi connectivity index (χ2n) is 7.73. The number of aliphatic hydroxyl groups excluding tert-OH is 3. The molecule has 26 heavy (non-hydrogen) atoms. The van der Waals surface area contributed by atoms with E-state index in [0.29, 0.717) is 6.42 Å². The van der Waals surface area contributed by atoms with Crippen LogP contribution in [0.15, 0.2) is 12.2 Å². The van der Waals surface area contributed by atoms with Crippen molar-refractivity contribution in [3.63, 3.8) is 0 Å². The molecule has 2 aliphatic rings. The summed E-state index contributed by atoms with van der Waals surface area (Å²) in [6.45, 7) is 6.61. The van der Waals surface area contributed by atoms with Crippen LogP contribution < -0.4 is 0 Å². The van der Waals surface area contributed by atoms with Crippen molar-refractivity contribution >= 4 is 5.78 Å². The normalized spacial score (nSPS) is 41.0. The SMILES string of the molecule is C/C=C\[C@H](C)[C@H]1O[C@@]1(C)[C@@H](O)[C@@H](CO)C(=O)[C@@H]1COC(O)(CC)C[C@H]1O. The molecule has 2 rings (SSSR count). The molecule has 2 saturated heterocycles. The van der Waals surface area contributed by atoms with Crippen LogP contribution in [0.4, 0.5) is 0 Å². The average Bonchev–Trinajstić information content (AvgIpc) is 3.29. The van der Waals surface area contributed by atoms with Crippen molar-refractivity contribution in [3.8, 4) is 0 Å². The van der Waals surface area contributed by atoms with Gasteiger partial charge in [-0.2, -0.15) is 0 Å². The number of carbonyl (C=O) groups is 1. The molecule has 4 N–H and O–H groups in total. The highest BCUT2D eigenvalue weighted by Gasteiger charge is 2.62. The number of hydrogen-bond acceptors (Lipinski definition) is 7. The quantitative estimate of drug-likeness (QED) is 0.359. The molecular formula is C19H32O7. The van der Waals surface area contributed by atoms with E-state index in [9.17, 15) is 25.2 Å². The molecule has 0 aromatic carbocycles. The first-order chi connectivity index (χ1) is 12.1. The lowest BCUT2D eigenvalue weighted by Gasteiger charge is -2.39. The molecule has 0 saturated carbocycles. The number of aliphatic hydroxyl groups is 4. The summed E-state index contributed by atoms with van der Waals surface area (Å²) in [6.07, 6.45) is 1.55. The van der Waals surface area contributed by atoms with Crippen molar-refractivity contribution in [3.05, 3.63) is 12.2 Å². The van der Waals surface area contributed by atoms with E-state index in [1.165, 1.54) is 0 Å². The zero-order chi connectivity index (χ0) is 19.7. The van der Waals surface area contributed by atoms with Crippen LogP contribution in [-0.2, 0) is 14.3 Å². The Morgan fingerprint density at radius 1 is 1.42 bits per heavy atom. The summed E-state index contributed by atoms with van der Waals surface area (Å²) < 4.78 is 11.0. The summed E-state index contributed by atoms with van der Waals surface area (Å²) >= 11 is 0. The van der Waals surface area contributed by atoms with Crippen LogP contribution in [0.3, 0.4) is 0 Å². The third-order valence-electron chi connectivity index (χ3n) is 5.83. The third kappa shape index (κ3) is 4.03. The van der Waals surface area contributed by atoms with Crippen LogP contribution in [-0.4, -0.2) is 69.1 Å². The number of ketones is 1. The summed E-state index contributed by atoms with van der Waals surface area (Å²) in [5.74, 6) is -3.83. The molecule has 0 aromatic rings. The van der Waals surface area contributed by atoms with Crippen molar-refractivity contribution in [1.29, 1.82) is 0 Å². The molecule has 7 nitrogen and oxygen atoms in total. The van der Waals surface area contributed by atoms with Gasteiger partial charge in [0, 0.05) is 12.3 Å². The van der Waals surface area contributed by atoms with Crippen LogP contribution in [0, 0.1) is 17.8 Å². The second kappa shape index (κ2) is 8.04. The molecule has 0 aliphatic carbocycles. The molecule has 0 aromatic heterocycles. The van der Waals surface area contributed by atoms with E-state index >= 15 is 0 Å². The Balaban J connectivity index is 2.07. The average molecular weight is 372 g/mol. The highest BCUT2D eigenvalue weighted by atomic mass is 16.6. The number of rotatable bonds is 8. The van der Waals surface area contributed by atoms with Gasteiger partial charge in [0.25, 0.3) is 0 Å². The molecule has 0 spiro atoms. The summed E-state index contributed by atoms with van der Waals surface area (Å²) in [5.41, 5.74) is -0.924. The lowest BCUT2D eigenvalue weighted by Crippen LogP contribution is -2.53. The Labute approximate surface area is 154 Å². The standard InChI is InChI=1S/C19H32O7/c1-5-7-11(3)17-18(4,26-17)16(23)12(9-20)15(22)13-10-25-19(24,6-2)8-14(13)21/h5,7,11-14,16-17,20-21,23-24H,6,8-10H2,1-4H3/b7-5-/t11-,12-,13+,14+,16-,17+,18-,19?/m0/s1. The molecular weight excluding hydrogens is 340 g/mol. The summed E-state index contributed by atoms with van der Waals surface area (Å²) in [6, 6.07) is 0. The van der Waals surface area contributed by atoms with E-state index in [1.807, 2.05) is 26.0 Å². The van der Waals surface area contributed by atoms with Gasteiger partial charge in [-0.25, -0.2) is 0 Å². The molecule has 0 bridgehead atoms. The van der Waals surface area contributed by atoms with Crippen molar-refractivity contribution in [2.75, 3.05) is 13.2 Å². The second-order valence-corrected chi connectivity index (χ2v) is 7.73. The molecule has 8 atom stereocenters. The van der Waals surface area contributed by atoms with E-state index in [1.54, 1.807) is 13.8 Å². The van der Waals surface area contributed by atoms with Gasteiger partial charge in [-0.1, -0.05) is 26.0 Å². The number of allylic oxidation sites excluding steroid dienone is 1. The van der Waals surface area contributed by atoms with Crippen molar-refractivity contribution in [1.82, 2.24) is 0 Å². The van der Waals surface area contributed by atoms with Crippen LogP contribution >= 0.6 is 0 Å². The number of carbonyl (C=O) groups excluding carboxylic acids is 1. The van der Waals surface area contributed by atoms with E-state index in [4.69, 9.17) is 9.47 Å². The molecule has 1 unspecified atom stereocenters. The zero-order valence-corrected chi connectivity index (χ0v) is 16.0. The fraction of sp³-hybridized carbons (Fsp3) is 0.842. The maximum Gasteiger partial charge on any atom is 0.167 e. The van der Waals surface area contributed by atoms with Gasteiger partial charge in [0.15, 0.2) is 5.79 Å². The van der Waals surface area contributed by atoms with Gasteiger partial charge < -0.3 is 29.9 Å². The predicted octanol–water partition coefficient (Wildman–Crippen LogP) is 0.391. The minimum atomic E-state index is -1.44. The monoisotopic (exact) mass is 372 g/mol. The van der Waals surface area contributed by atoms with Gasteiger partial charge in [-0.05, 0) is 20.3 Å². The first kappa shape index (κ1) is 21.5. The molecule has 2 fully saturated rings. The maximum absolute atomic E-state index is 12.8. The molecule has 150 valence electrons. The number of epoxide rings is 1. The number of hydrogen-bond donors (Lipinski definition) is 4. The van der Waals surface area contributed by atoms with Gasteiger partial charge in [0.05, 0.1) is 43.4 Å². The van der Waals surface area contributed by atoms with E-state index in [2.05, 4.69) is 0 Å². The summed E-state index contributed by atoms with van der Waals surface area (Å²) in [7, 11) is 0. The predicted molar refractivity (Wildman–Crippen MR) is 94.2 cm³/mol. The fourth-order valence-corrected chi connectivity index (χ4v) is 3.93. The molecule has 7 heteroatoms. The summed E-state index contributed by atoms with van der Waals surface area (Å²) in [5, 5.41) is 40.9. The Morgan fingerprint density at radius 2 is 2.08 bits per heavy atom. The molecule has 2 aliphatic heterocycles. The zero-order valence-electron chi connectivity index (χ0n) is 16.0. The lowest BCUT2D eigenvalue weighted by atomic mass is 9.78. The topological polar surface area (TPSA) is 120 Å². The largest absolute Gasteiger partial charge is 0.396 e. The minimum absolute atomic E-state index is 0.0669. The molecule has 2 heterocycles. The Bertz CT molecular complexity index is 536. The Morgan fingerprint density at radius 3 is 2.58 bits per heavy atom. The van der Waals surface area contributed by atoms with Crippen molar-refractivity contribution < 1.29 is 34.7 Å². The molecule has 0 amide bonds. The van der Waals surface area contributed by atoms with Gasteiger partial charge in [0.1, 0.15) is 11.4 Å². The summed E-state index contributed by atoms with van der Waals surface area (Å²) in [4.78, 5) is 12.8. The van der Waals surface area contributed by atoms with Crippen LogP contribution in [0.5, 0.6) is 0 Å². The smallest absolute Gasteiger partial charge is 0.167 e. The van der Waals surface area contributed by atoms with Gasteiger partial charge in [-0.3, -0.25) is 4.79 Å². The van der Waals surface area contributed by atoms with Gasteiger partial charge in [0.2, 0.25) is 0 Å². The van der Waals surface area contributed by atoms with Gasteiger partial charge >= 0.3 is 0 Å².